The first-order chi connectivity index (χ1) is 12.8. The normalized spacial score (nSPS) is 24.6. The van der Waals surface area contributed by atoms with Crippen LogP contribution in [0.5, 0.6) is 0 Å². The molecule has 1 saturated heterocycles. The third-order valence-electron chi connectivity index (χ3n) is 6.73. The van der Waals surface area contributed by atoms with Gasteiger partial charge in [0.2, 0.25) is 0 Å². The van der Waals surface area contributed by atoms with Crippen LogP contribution in [0, 0.1) is 33.6 Å². The third-order valence-corrected chi connectivity index (χ3v) is 6.73. The molecule has 0 radical (unpaired) electrons. The Bertz CT molecular complexity index is 882. The highest BCUT2D eigenvalue weighted by molar-refractivity contribution is 5.56. The van der Waals surface area contributed by atoms with Crippen LogP contribution in [0.3, 0.4) is 0 Å². The zero-order valence-corrected chi connectivity index (χ0v) is 16.5. The van der Waals surface area contributed by atoms with Crippen LogP contribution < -0.4 is 5.31 Å². The van der Waals surface area contributed by atoms with Crippen LogP contribution >= 0.6 is 0 Å². The van der Waals surface area contributed by atoms with Gasteiger partial charge in [0.25, 0.3) is 0 Å². The fourth-order valence-electron chi connectivity index (χ4n) is 5.30. The van der Waals surface area contributed by atoms with Crippen LogP contribution in [0.4, 0.5) is 0 Å². The lowest BCUT2D eigenvalue weighted by Crippen LogP contribution is -2.44. The van der Waals surface area contributed by atoms with Gasteiger partial charge < -0.3 is 10.4 Å². The van der Waals surface area contributed by atoms with Crippen LogP contribution in [0.2, 0.25) is 1.41 Å². The maximum absolute atomic E-state index is 12.5. The predicted molar refractivity (Wildman–Crippen MR) is 108 cm³/mol. The number of hydrogen-bond donors (Lipinski definition) is 2. The van der Waals surface area contributed by atoms with Gasteiger partial charge in [-0.3, -0.25) is 0 Å². The molecule has 1 aliphatic carbocycles. The highest BCUT2D eigenvalue weighted by atomic mass is 16.3. The van der Waals surface area contributed by atoms with E-state index in [1.54, 1.807) is 5.31 Å². The molecule has 0 amide bonds. The van der Waals surface area contributed by atoms with Gasteiger partial charge in [-0.25, -0.2) is 0 Å². The average Bonchev–Trinajstić information content (AvgIpc) is 2.75. The second-order valence-corrected chi connectivity index (χ2v) is 8.36. The molecule has 1 atom stereocenters. The first-order valence-corrected chi connectivity index (χ1v) is 9.98. The van der Waals surface area contributed by atoms with Crippen molar-refractivity contribution >= 4 is 0 Å². The number of aryl methyl sites for hydroxylation is 4. The fourth-order valence-corrected chi connectivity index (χ4v) is 5.30. The molecule has 4 rings (SSSR count). The number of nitrogens with one attached hydrogen (secondary N) is 1. The molecular formula is C24H31NO. The number of rotatable bonds is 1. The van der Waals surface area contributed by atoms with Crippen molar-refractivity contribution in [2.75, 3.05) is 13.1 Å². The lowest BCUT2D eigenvalue weighted by molar-refractivity contribution is 0.00126. The molecule has 2 nitrogen and oxygen atoms in total. The smallest absolute Gasteiger partial charge is 0.122 e. The summed E-state index contributed by atoms with van der Waals surface area (Å²) in [5, 5.41) is 14.1. The lowest BCUT2D eigenvalue weighted by Gasteiger charge is -2.42. The Kier molecular flexibility index (Phi) is 4.14. The Balaban J connectivity index is 1.99. The van der Waals surface area contributed by atoms with Gasteiger partial charge >= 0.3 is 0 Å². The van der Waals surface area contributed by atoms with Crippen LogP contribution in [0.1, 0.15) is 57.3 Å². The Morgan fingerprint density at radius 3 is 2.50 bits per heavy atom. The number of hydrogen-bond acceptors (Lipinski definition) is 2. The molecule has 0 aromatic heterocycles. The first kappa shape index (κ1) is 16.5. The summed E-state index contributed by atoms with van der Waals surface area (Å²) in [4.78, 5) is 0. The summed E-state index contributed by atoms with van der Waals surface area (Å²) in [5.74, 6) is 0.151. The van der Waals surface area contributed by atoms with Crippen molar-refractivity contribution in [3.05, 3.63) is 68.8 Å². The summed E-state index contributed by atoms with van der Waals surface area (Å²) in [7, 11) is 0. The monoisotopic (exact) mass is 351 g/mol. The van der Waals surface area contributed by atoms with E-state index in [-0.39, 0.29) is 5.92 Å². The summed E-state index contributed by atoms with van der Waals surface area (Å²) in [5.41, 5.74) is 9.03. The van der Waals surface area contributed by atoms with Gasteiger partial charge in [-0.2, -0.15) is 0 Å². The minimum atomic E-state index is -0.960. The summed E-state index contributed by atoms with van der Waals surface area (Å²) in [6.45, 7) is 10.1. The van der Waals surface area contributed by atoms with Crippen LogP contribution in [0.25, 0.3) is 0 Å². The maximum Gasteiger partial charge on any atom is 0.122 e. The highest BCUT2D eigenvalue weighted by Crippen LogP contribution is 2.48. The number of aliphatic hydroxyl groups is 1. The molecule has 2 heteroatoms. The summed E-state index contributed by atoms with van der Waals surface area (Å²) >= 11 is 0. The van der Waals surface area contributed by atoms with Gasteiger partial charge in [0.15, 0.2) is 0 Å². The van der Waals surface area contributed by atoms with Gasteiger partial charge in [0, 0.05) is 0 Å². The third kappa shape index (κ3) is 2.62. The molecule has 1 aliphatic heterocycles. The van der Waals surface area contributed by atoms with E-state index in [0.29, 0.717) is 0 Å². The van der Waals surface area contributed by atoms with Crippen molar-refractivity contribution in [1.82, 2.24) is 5.31 Å². The molecule has 1 heterocycles. The summed E-state index contributed by atoms with van der Waals surface area (Å²) in [6, 6.07) is 8.83. The molecule has 2 aromatic carbocycles. The SMILES string of the molecule is [3H]N1CCC([C@]2(O)c3ccc(C)cc3CCc3c(C)c(C)cc(C)c32)CC1. The molecule has 2 aromatic rings. The predicted octanol–water partition coefficient (Wildman–Crippen LogP) is 4.25. The van der Waals surface area contributed by atoms with Gasteiger partial charge in [0.1, 0.15) is 7.01 Å². The number of benzene rings is 2. The average molecular weight is 352 g/mol. The molecule has 2 aliphatic rings. The van der Waals surface area contributed by atoms with Crippen molar-refractivity contribution < 1.29 is 6.52 Å². The van der Waals surface area contributed by atoms with Crippen LogP contribution in [-0.2, 0) is 18.4 Å². The van der Waals surface area contributed by atoms with Gasteiger partial charge in [0.05, 0.1) is 0 Å². The first-order valence-electron chi connectivity index (χ1n) is 10.4. The van der Waals surface area contributed by atoms with E-state index in [2.05, 4.69) is 52.0 Å². The summed E-state index contributed by atoms with van der Waals surface area (Å²) < 4.78 is 7.96. The van der Waals surface area contributed by atoms with E-state index in [1.807, 2.05) is 0 Å². The highest BCUT2D eigenvalue weighted by Gasteiger charge is 2.45. The molecule has 2 N–H and O–H groups in total. The van der Waals surface area contributed by atoms with Crippen molar-refractivity contribution in [2.45, 2.75) is 59.0 Å². The van der Waals surface area contributed by atoms with E-state index in [0.717, 1.165) is 49.9 Å². The van der Waals surface area contributed by atoms with E-state index < -0.39 is 5.60 Å². The van der Waals surface area contributed by atoms with Gasteiger partial charge in [-0.05, 0) is 111 Å². The standard InChI is InChI=1S/C24H31NO/c1-15-5-8-22-19(13-15)6-7-21-18(4)16(2)14-17(3)23(21)24(22,26)20-9-11-25-12-10-20/h5,8,13-14,20,25-26H,6-7,9-12H2,1-4H3/t24-/m0/s1/i/hT. The van der Waals surface area contributed by atoms with Crippen molar-refractivity contribution in [3.8, 4) is 0 Å². The van der Waals surface area contributed by atoms with Crippen LogP contribution in [-0.4, -0.2) is 18.2 Å². The Hall–Kier alpha value is -1.64. The molecule has 0 spiro atoms. The number of fused-ring (bicyclic) bond motifs is 2. The number of piperidine rings is 1. The minimum Gasteiger partial charge on any atom is -0.380 e. The second-order valence-electron chi connectivity index (χ2n) is 8.36. The molecule has 0 bridgehead atoms. The second kappa shape index (κ2) is 6.51. The Labute approximate surface area is 159 Å². The van der Waals surface area contributed by atoms with Gasteiger partial charge in [-0.1, -0.05) is 29.8 Å². The van der Waals surface area contributed by atoms with Gasteiger partial charge in [-0.15, -0.1) is 0 Å². The molecule has 0 saturated carbocycles. The van der Waals surface area contributed by atoms with E-state index in [4.69, 9.17) is 1.41 Å². The lowest BCUT2D eigenvalue weighted by atomic mass is 9.69. The molecule has 138 valence electrons. The summed E-state index contributed by atoms with van der Waals surface area (Å²) in [6.07, 6.45) is 3.69. The van der Waals surface area contributed by atoms with Crippen molar-refractivity contribution in [1.29, 1.82) is 0 Å². The zero-order chi connectivity index (χ0) is 19.3. The van der Waals surface area contributed by atoms with E-state index in [1.165, 1.54) is 33.4 Å². The topological polar surface area (TPSA) is 32.3 Å². The molecular weight excluding hydrogens is 318 g/mol. The Morgan fingerprint density at radius 1 is 1.04 bits per heavy atom. The van der Waals surface area contributed by atoms with E-state index >= 15 is 0 Å². The fraction of sp³-hybridized carbons (Fsp3) is 0.500. The molecule has 0 unspecified atom stereocenters. The molecule has 26 heavy (non-hydrogen) atoms. The Morgan fingerprint density at radius 2 is 1.77 bits per heavy atom. The minimum absolute atomic E-state index is 0.151. The van der Waals surface area contributed by atoms with Crippen LogP contribution in [0.15, 0.2) is 24.3 Å². The molecule has 1 fully saturated rings. The largest absolute Gasteiger partial charge is 0.380 e. The van der Waals surface area contributed by atoms with Crippen molar-refractivity contribution in [2.24, 2.45) is 5.92 Å². The van der Waals surface area contributed by atoms with E-state index in [9.17, 15) is 5.11 Å². The zero-order valence-electron chi connectivity index (χ0n) is 17.5. The quantitative estimate of drug-likeness (QED) is 0.805. The maximum atomic E-state index is 12.5. The van der Waals surface area contributed by atoms with Crippen molar-refractivity contribution in [3.63, 3.8) is 0 Å².